The van der Waals surface area contributed by atoms with Crippen LogP contribution in [0.3, 0.4) is 0 Å². The van der Waals surface area contributed by atoms with Gasteiger partial charge >= 0.3 is 5.97 Å². The summed E-state index contributed by atoms with van der Waals surface area (Å²) in [5.74, 6) is -0.520. The first-order valence-electron chi connectivity index (χ1n) is 6.00. The number of carbonyl (C=O) groups excluding carboxylic acids is 2. The highest BCUT2D eigenvalue weighted by Crippen LogP contribution is 2.02. The van der Waals surface area contributed by atoms with Gasteiger partial charge in [0.15, 0.2) is 0 Å². The van der Waals surface area contributed by atoms with Crippen LogP contribution < -0.4 is 5.32 Å². The second-order valence-electron chi connectivity index (χ2n) is 3.97. The number of pyridine rings is 1. The van der Waals surface area contributed by atoms with Gasteiger partial charge in [-0.1, -0.05) is 13.8 Å². The first-order valence-corrected chi connectivity index (χ1v) is 6.00. The van der Waals surface area contributed by atoms with E-state index in [-0.39, 0.29) is 24.4 Å². The minimum atomic E-state index is -0.226. The van der Waals surface area contributed by atoms with E-state index in [0.717, 1.165) is 6.42 Å². The summed E-state index contributed by atoms with van der Waals surface area (Å²) < 4.78 is 5.01. The molecule has 0 aromatic carbocycles. The molecule has 0 aliphatic carbocycles. The zero-order valence-corrected chi connectivity index (χ0v) is 10.7. The Morgan fingerprint density at radius 2 is 2.06 bits per heavy atom. The molecule has 0 saturated heterocycles. The lowest BCUT2D eigenvalue weighted by Crippen LogP contribution is -2.28. The molecule has 0 bridgehead atoms. The minimum absolute atomic E-state index is 0.0964. The summed E-state index contributed by atoms with van der Waals surface area (Å²) in [6.07, 6.45) is 3.86. The van der Waals surface area contributed by atoms with Crippen molar-refractivity contribution >= 4 is 11.9 Å². The quantitative estimate of drug-likeness (QED) is 0.612. The number of nitrogens with one attached hydrogen (secondary N) is 1. The van der Waals surface area contributed by atoms with Crippen LogP contribution in [0.15, 0.2) is 24.5 Å². The van der Waals surface area contributed by atoms with Gasteiger partial charge in [0.25, 0.3) is 5.91 Å². The fourth-order valence-corrected chi connectivity index (χ4v) is 1.23. The van der Waals surface area contributed by atoms with Crippen LogP contribution in [0.25, 0.3) is 0 Å². The summed E-state index contributed by atoms with van der Waals surface area (Å²) in [6, 6.07) is 3.25. The third-order valence-electron chi connectivity index (χ3n) is 2.59. The summed E-state index contributed by atoms with van der Waals surface area (Å²) in [7, 11) is 0. The van der Waals surface area contributed by atoms with Crippen LogP contribution >= 0.6 is 0 Å². The molecule has 1 rings (SSSR count). The van der Waals surface area contributed by atoms with E-state index in [9.17, 15) is 9.59 Å². The number of hydrogen-bond acceptors (Lipinski definition) is 4. The average Bonchev–Trinajstić information content (AvgIpc) is 2.43. The van der Waals surface area contributed by atoms with Gasteiger partial charge in [-0.25, -0.2) is 0 Å². The molecule has 5 nitrogen and oxygen atoms in total. The number of rotatable bonds is 6. The highest BCUT2D eigenvalue weighted by molar-refractivity contribution is 5.93. The van der Waals surface area contributed by atoms with Gasteiger partial charge in [-0.2, -0.15) is 0 Å². The van der Waals surface area contributed by atoms with Gasteiger partial charge < -0.3 is 10.1 Å². The van der Waals surface area contributed by atoms with Gasteiger partial charge in [0.1, 0.15) is 6.61 Å². The molecule has 98 valence electrons. The fraction of sp³-hybridized carbons (Fsp3) is 0.462. The van der Waals surface area contributed by atoms with E-state index in [4.69, 9.17) is 4.74 Å². The highest BCUT2D eigenvalue weighted by atomic mass is 16.5. The third kappa shape index (κ3) is 4.53. The Hall–Kier alpha value is -1.91. The number of nitrogens with zero attached hydrogens (tertiary/aromatic N) is 1. The first-order chi connectivity index (χ1) is 8.65. The minimum Gasteiger partial charge on any atom is -0.464 e. The van der Waals surface area contributed by atoms with Gasteiger partial charge in [0.05, 0.1) is 12.5 Å². The molecule has 18 heavy (non-hydrogen) atoms. The average molecular weight is 250 g/mol. The van der Waals surface area contributed by atoms with Crippen LogP contribution in [-0.2, 0) is 9.53 Å². The van der Waals surface area contributed by atoms with Crippen LogP contribution in [0.5, 0.6) is 0 Å². The van der Waals surface area contributed by atoms with Crippen molar-refractivity contribution in [3.8, 4) is 0 Å². The molecule has 1 heterocycles. The fourth-order valence-electron chi connectivity index (χ4n) is 1.23. The summed E-state index contributed by atoms with van der Waals surface area (Å²) in [5.41, 5.74) is 0.540. The summed E-state index contributed by atoms with van der Waals surface area (Å²) in [4.78, 5) is 26.8. The molecule has 0 radical (unpaired) electrons. The molecule has 1 unspecified atom stereocenters. The van der Waals surface area contributed by atoms with Crippen molar-refractivity contribution in [3.63, 3.8) is 0 Å². The Morgan fingerprint density at radius 1 is 1.39 bits per heavy atom. The van der Waals surface area contributed by atoms with E-state index >= 15 is 0 Å². The van der Waals surface area contributed by atoms with E-state index in [0.29, 0.717) is 12.1 Å². The Bertz CT molecular complexity index is 392. The summed E-state index contributed by atoms with van der Waals surface area (Å²) in [5, 5.41) is 2.67. The lowest BCUT2D eigenvalue weighted by Gasteiger charge is -2.09. The molecular formula is C13H18N2O3. The second-order valence-corrected chi connectivity index (χ2v) is 3.97. The predicted octanol–water partition coefficient (Wildman–Crippen LogP) is 1.40. The number of carbonyl (C=O) groups is 2. The molecule has 0 aliphatic rings. The monoisotopic (exact) mass is 250 g/mol. The number of aromatic nitrogens is 1. The highest BCUT2D eigenvalue weighted by Gasteiger charge is 2.11. The maximum absolute atomic E-state index is 11.6. The van der Waals surface area contributed by atoms with Crippen LogP contribution in [0, 0.1) is 5.92 Å². The molecule has 1 atom stereocenters. The zero-order valence-electron chi connectivity index (χ0n) is 10.7. The number of amides is 1. The molecule has 0 fully saturated rings. The van der Waals surface area contributed by atoms with Gasteiger partial charge in [0, 0.05) is 18.0 Å². The van der Waals surface area contributed by atoms with Crippen LogP contribution in [-0.4, -0.2) is 30.0 Å². The van der Waals surface area contributed by atoms with Crippen LogP contribution in [0.1, 0.15) is 30.6 Å². The number of ether oxygens (including phenoxy) is 1. The molecule has 0 aliphatic heterocycles. The van der Waals surface area contributed by atoms with E-state index in [1.165, 1.54) is 0 Å². The standard InChI is InChI=1S/C13H18N2O3/c1-3-10(2)13(17)18-9-8-15-12(16)11-4-6-14-7-5-11/h4-7,10H,3,8-9H2,1-2H3,(H,15,16). The van der Waals surface area contributed by atoms with Crippen molar-refractivity contribution in [3.05, 3.63) is 30.1 Å². The second kappa shape index (κ2) is 7.42. The smallest absolute Gasteiger partial charge is 0.308 e. The first kappa shape index (κ1) is 14.2. The van der Waals surface area contributed by atoms with E-state index in [1.54, 1.807) is 24.5 Å². The normalized spacial score (nSPS) is 11.7. The van der Waals surface area contributed by atoms with E-state index < -0.39 is 0 Å². The molecule has 5 heteroatoms. The van der Waals surface area contributed by atoms with Crippen LogP contribution in [0.4, 0.5) is 0 Å². The maximum atomic E-state index is 11.6. The van der Waals surface area contributed by atoms with Crippen molar-refractivity contribution < 1.29 is 14.3 Å². The Kier molecular flexibility index (Phi) is 5.84. The van der Waals surface area contributed by atoms with Crippen LogP contribution in [0.2, 0.25) is 0 Å². The largest absolute Gasteiger partial charge is 0.464 e. The zero-order chi connectivity index (χ0) is 13.4. The van der Waals surface area contributed by atoms with Crippen molar-refractivity contribution in [2.45, 2.75) is 20.3 Å². The molecule has 1 N–H and O–H groups in total. The summed E-state index contributed by atoms with van der Waals surface area (Å²) >= 11 is 0. The summed E-state index contributed by atoms with van der Waals surface area (Å²) in [6.45, 7) is 4.25. The Balaban J connectivity index is 2.23. The number of esters is 1. The van der Waals surface area contributed by atoms with Gasteiger partial charge in [-0.3, -0.25) is 14.6 Å². The SMILES string of the molecule is CCC(C)C(=O)OCCNC(=O)c1ccncc1. The lowest BCUT2D eigenvalue weighted by atomic mass is 10.1. The Labute approximate surface area is 107 Å². The van der Waals surface area contributed by atoms with Crippen molar-refractivity contribution in [1.29, 1.82) is 0 Å². The van der Waals surface area contributed by atoms with Gasteiger partial charge in [-0.05, 0) is 18.6 Å². The van der Waals surface area contributed by atoms with Crippen molar-refractivity contribution in [1.82, 2.24) is 10.3 Å². The van der Waals surface area contributed by atoms with Gasteiger partial charge in [-0.15, -0.1) is 0 Å². The third-order valence-corrected chi connectivity index (χ3v) is 2.59. The molecule has 0 spiro atoms. The molecule has 0 saturated carbocycles. The predicted molar refractivity (Wildman–Crippen MR) is 67.0 cm³/mol. The lowest BCUT2D eigenvalue weighted by molar-refractivity contribution is -0.147. The number of hydrogen-bond donors (Lipinski definition) is 1. The molecule has 1 amide bonds. The van der Waals surface area contributed by atoms with Gasteiger partial charge in [0.2, 0.25) is 0 Å². The van der Waals surface area contributed by atoms with E-state index in [2.05, 4.69) is 10.3 Å². The topological polar surface area (TPSA) is 68.3 Å². The Morgan fingerprint density at radius 3 is 2.67 bits per heavy atom. The van der Waals surface area contributed by atoms with Crippen molar-refractivity contribution in [2.75, 3.05) is 13.2 Å². The maximum Gasteiger partial charge on any atom is 0.308 e. The van der Waals surface area contributed by atoms with Crippen molar-refractivity contribution in [2.24, 2.45) is 5.92 Å². The molecular weight excluding hydrogens is 232 g/mol. The molecule has 1 aromatic heterocycles. The van der Waals surface area contributed by atoms with E-state index in [1.807, 2.05) is 13.8 Å². The molecule has 1 aromatic rings.